The number of hydrogen-bond acceptors (Lipinski definition) is 4. The molecule has 3 aliphatic rings. The Kier molecular flexibility index (Phi) is 4.31. The average Bonchev–Trinajstić information content (AvgIpc) is 3.19. The molecule has 0 spiro atoms. The molecule has 0 N–H and O–H groups in total. The molecule has 0 unspecified atom stereocenters. The Bertz CT molecular complexity index is 544. The lowest BCUT2D eigenvalue weighted by Gasteiger charge is -2.30. The van der Waals surface area contributed by atoms with Crippen molar-refractivity contribution >= 4 is 5.91 Å². The maximum Gasteiger partial charge on any atom is 0.272 e. The molecule has 3 aliphatic heterocycles. The lowest BCUT2D eigenvalue weighted by Crippen LogP contribution is -2.41. The third-order valence-electron chi connectivity index (χ3n) is 5.67. The maximum absolute atomic E-state index is 12.7. The van der Waals surface area contributed by atoms with E-state index in [4.69, 9.17) is 4.74 Å². The first kappa shape index (κ1) is 15.1. The Morgan fingerprint density at radius 2 is 1.96 bits per heavy atom. The number of amides is 1. The Balaban J connectivity index is 1.40. The summed E-state index contributed by atoms with van der Waals surface area (Å²) in [7, 11) is 0. The fourth-order valence-electron chi connectivity index (χ4n) is 4.45. The van der Waals surface area contributed by atoms with Crippen LogP contribution in [0.4, 0.5) is 0 Å². The molecule has 3 fully saturated rings. The van der Waals surface area contributed by atoms with Crippen LogP contribution in [0.15, 0.2) is 24.4 Å². The van der Waals surface area contributed by atoms with Crippen molar-refractivity contribution in [1.29, 1.82) is 0 Å². The minimum absolute atomic E-state index is 0.103. The largest absolute Gasteiger partial charge is 0.381 e. The summed E-state index contributed by atoms with van der Waals surface area (Å²) in [6, 6.07) is 6.49. The van der Waals surface area contributed by atoms with E-state index in [0.717, 1.165) is 45.1 Å². The highest BCUT2D eigenvalue weighted by molar-refractivity contribution is 5.92. The molecule has 0 bridgehead atoms. The van der Waals surface area contributed by atoms with Crippen LogP contribution in [0.1, 0.15) is 36.2 Å². The number of hydrogen-bond donors (Lipinski definition) is 0. The van der Waals surface area contributed by atoms with Crippen molar-refractivity contribution in [3.8, 4) is 0 Å². The number of aromatic nitrogens is 1. The fourth-order valence-corrected chi connectivity index (χ4v) is 4.45. The van der Waals surface area contributed by atoms with E-state index in [9.17, 15) is 4.79 Å². The zero-order valence-electron chi connectivity index (χ0n) is 13.6. The van der Waals surface area contributed by atoms with Crippen molar-refractivity contribution in [2.24, 2.45) is 5.92 Å². The lowest BCUT2D eigenvalue weighted by molar-refractivity contribution is 0.0502. The van der Waals surface area contributed by atoms with Crippen LogP contribution in [-0.2, 0) is 4.74 Å². The van der Waals surface area contributed by atoms with Gasteiger partial charge >= 0.3 is 0 Å². The van der Waals surface area contributed by atoms with Gasteiger partial charge in [0.25, 0.3) is 5.91 Å². The number of likely N-dealkylation sites (tertiary alicyclic amines) is 2. The quantitative estimate of drug-likeness (QED) is 0.853. The van der Waals surface area contributed by atoms with Crippen molar-refractivity contribution in [2.75, 3.05) is 32.8 Å². The average molecular weight is 315 g/mol. The number of carbonyl (C=O) groups is 1. The number of fused-ring (bicyclic) bond motifs is 1. The van der Waals surface area contributed by atoms with Gasteiger partial charge in [-0.25, -0.2) is 0 Å². The molecule has 1 amide bonds. The molecule has 1 aromatic rings. The normalized spacial score (nSPS) is 29.0. The van der Waals surface area contributed by atoms with E-state index in [0.29, 0.717) is 17.8 Å². The Morgan fingerprint density at radius 1 is 1.13 bits per heavy atom. The summed E-state index contributed by atoms with van der Waals surface area (Å²) < 4.78 is 5.47. The van der Waals surface area contributed by atoms with Crippen molar-refractivity contribution < 1.29 is 9.53 Å². The van der Waals surface area contributed by atoms with Crippen LogP contribution >= 0.6 is 0 Å². The van der Waals surface area contributed by atoms with Gasteiger partial charge in [0.1, 0.15) is 5.69 Å². The van der Waals surface area contributed by atoms with Crippen LogP contribution in [-0.4, -0.2) is 65.6 Å². The lowest BCUT2D eigenvalue weighted by atomic mass is 9.99. The van der Waals surface area contributed by atoms with Gasteiger partial charge in [-0.3, -0.25) is 14.7 Å². The van der Waals surface area contributed by atoms with Gasteiger partial charge in [0, 0.05) is 51.1 Å². The zero-order chi connectivity index (χ0) is 15.6. The summed E-state index contributed by atoms with van der Waals surface area (Å²) in [6.07, 6.45) is 6.28. The van der Waals surface area contributed by atoms with E-state index < -0.39 is 0 Å². The highest BCUT2D eigenvalue weighted by atomic mass is 16.5. The summed E-state index contributed by atoms with van der Waals surface area (Å²) in [4.78, 5) is 21.6. The zero-order valence-corrected chi connectivity index (χ0v) is 13.6. The number of pyridine rings is 1. The van der Waals surface area contributed by atoms with Crippen LogP contribution < -0.4 is 0 Å². The second-order valence-electron chi connectivity index (χ2n) is 6.98. The maximum atomic E-state index is 12.7. The molecule has 23 heavy (non-hydrogen) atoms. The number of carbonyl (C=O) groups excluding carboxylic acids is 1. The van der Waals surface area contributed by atoms with Crippen molar-refractivity contribution in [2.45, 2.75) is 37.8 Å². The molecule has 4 heterocycles. The molecule has 3 saturated heterocycles. The van der Waals surface area contributed by atoms with Gasteiger partial charge < -0.3 is 9.64 Å². The van der Waals surface area contributed by atoms with Gasteiger partial charge in [-0.1, -0.05) is 6.07 Å². The van der Waals surface area contributed by atoms with Crippen LogP contribution in [0.25, 0.3) is 0 Å². The minimum atomic E-state index is 0.103. The third-order valence-corrected chi connectivity index (χ3v) is 5.67. The van der Waals surface area contributed by atoms with Crippen molar-refractivity contribution in [3.63, 3.8) is 0 Å². The van der Waals surface area contributed by atoms with Crippen molar-refractivity contribution in [1.82, 2.24) is 14.8 Å². The first-order valence-electron chi connectivity index (χ1n) is 8.87. The predicted octanol–water partition coefficient (Wildman–Crippen LogP) is 1.80. The van der Waals surface area contributed by atoms with Gasteiger partial charge in [0.05, 0.1) is 0 Å². The van der Waals surface area contributed by atoms with E-state index in [-0.39, 0.29) is 5.91 Å². The SMILES string of the molecule is O=C(c1ccccn1)N1CC[C@H]2[C@H]1CCN2CC1CCOCC1. The molecular weight excluding hydrogens is 290 g/mol. The fraction of sp³-hybridized carbons (Fsp3) is 0.667. The predicted molar refractivity (Wildman–Crippen MR) is 87.2 cm³/mol. The Labute approximate surface area is 137 Å². The van der Waals surface area contributed by atoms with E-state index in [1.165, 1.54) is 19.4 Å². The van der Waals surface area contributed by atoms with Gasteiger partial charge in [-0.05, 0) is 43.7 Å². The van der Waals surface area contributed by atoms with Crippen LogP contribution in [0, 0.1) is 5.92 Å². The molecule has 5 heteroatoms. The first-order chi connectivity index (χ1) is 11.3. The topological polar surface area (TPSA) is 45.7 Å². The molecule has 0 radical (unpaired) electrons. The van der Waals surface area contributed by atoms with Gasteiger partial charge in [0.2, 0.25) is 0 Å². The number of rotatable bonds is 3. The second-order valence-corrected chi connectivity index (χ2v) is 6.98. The molecule has 0 saturated carbocycles. The van der Waals surface area contributed by atoms with Gasteiger partial charge in [0.15, 0.2) is 0 Å². The van der Waals surface area contributed by atoms with Gasteiger partial charge in [-0.15, -0.1) is 0 Å². The summed E-state index contributed by atoms with van der Waals surface area (Å²) in [5.41, 5.74) is 0.580. The van der Waals surface area contributed by atoms with Crippen LogP contribution in [0.3, 0.4) is 0 Å². The molecule has 124 valence electrons. The molecule has 0 aromatic carbocycles. The Hall–Kier alpha value is -1.46. The molecule has 5 nitrogen and oxygen atoms in total. The summed E-state index contributed by atoms with van der Waals surface area (Å²) in [5.74, 6) is 0.869. The first-order valence-corrected chi connectivity index (χ1v) is 8.87. The summed E-state index contributed by atoms with van der Waals surface area (Å²) in [5, 5.41) is 0. The monoisotopic (exact) mass is 315 g/mol. The van der Waals surface area contributed by atoms with E-state index in [1.807, 2.05) is 18.2 Å². The Morgan fingerprint density at radius 3 is 2.74 bits per heavy atom. The molecular formula is C18H25N3O2. The highest BCUT2D eigenvalue weighted by Crippen LogP contribution is 2.33. The van der Waals surface area contributed by atoms with E-state index in [2.05, 4.69) is 14.8 Å². The third kappa shape index (κ3) is 3.00. The summed E-state index contributed by atoms with van der Waals surface area (Å²) >= 11 is 0. The van der Waals surface area contributed by atoms with Crippen LogP contribution in [0.5, 0.6) is 0 Å². The summed E-state index contributed by atoms with van der Waals surface area (Å²) in [6.45, 7) is 5.00. The smallest absolute Gasteiger partial charge is 0.272 e. The number of nitrogens with zero attached hydrogens (tertiary/aromatic N) is 3. The molecule has 0 aliphatic carbocycles. The molecule has 2 atom stereocenters. The highest BCUT2D eigenvalue weighted by Gasteiger charge is 2.44. The van der Waals surface area contributed by atoms with E-state index >= 15 is 0 Å². The standard InChI is InChI=1S/C18H25N3O2/c22-18(15-3-1-2-8-19-15)21-10-5-16-17(21)4-9-20(16)13-14-6-11-23-12-7-14/h1-3,8,14,16-17H,4-7,9-13H2/t16-,17+/m0/s1. The molecule has 4 rings (SSSR count). The van der Waals surface area contributed by atoms with Gasteiger partial charge in [-0.2, -0.15) is 0 Å². The second kappa shape index (κ2) is 6.57. The minimum Gasteiger partial charge on any atom is -0.381 e. The van der Waals surface area contributed by atoms with Crippen LogP contribution in [0.2, 0.25) is 0 Å². The van der Waals surface area contributed by atoms with E-state index in [1.54, 1.807) is 6.20 Å². The van der Waals surface area contributed by atoms with Crippen molar-refractivity contribution in [3.05, 3.63) is 30.1 Å². The molecule has 1 aromatic heterocycles. The number of ether oxygens (including phenoxy) is 1.